The van der Waals surface area contributed by atoms with Gasteiger partial charge in [-0.25, -0.2) is 0 Å². The van der Waals surface area contributed by atoms with Crippen LogP contribution < -0.4 is 0 Å². The Hall–Kier alpha value is -0.850. The fourth-order valence-corrected chi connectivity index (χ4v) is 0.961. The topological polar surface area (TPSA) is 12.9 Å². The molecule has 0 aliphatic heterocycles. The Labute approximate surface area is 68.5 Å². The van der Waals surface area contributed by atoms with Crippen LogP contribution >= 0.6 is 0 Å². The van der Waals surface area contributed by atoms with Crippen molar-refractivity contribution in [1.82, 2.24) is 4.98 Å². The van der Waals surface area contributed by atoms with Crippen molar-refractivity contribution in [1.29, 1.82) is 0 Å². The lowest BCUT2D eigenvalue weighted by molar-refractivity contribution is 0.567. The second-order valence-corrected chi connectivity index (χ2v) is 3.91. The van der Waals surface area contributed by atoms with Crippen LogP contribution in [0.1, 0.15) is 32.2 Å². The van der Waals surface area contributed by atoms with Crippen molar-refractivity contribution in [3.05, 3.63) is 29.6 Å². The second-order valence-electron chi connectivity index (χ2n) is 3.91. The first-order valence-electron chi connectivity index (χ1n) is 3.94. The lowest BCUT2D eigenvalue weighted by Gasteiger charge is -2.17. The molecule has 0 aliphatic carbocycles. The van der Waals surface area contributed by atoms with Gasteiger partial charge in [-0.3, -0.25) is 4.98 Å². The average molecular weight is 149 g/mol. The molecule has 0 N–H and O–H groups in total. The summed E-state index contributed by atoms with van der Waals surface area (Å²) in [6, 6.07) is 6.16. The van der Waals surface area contributed by atoms with E-state index in [0.717, 1.165) is 11.4 Å². The molecule has 11 heavy (non-hydrogen) atoms. The normalized spacial score (nSPS) is 11.6. The highest BCUT2D eigenvalue weighted by Crippen LogP contribution is 2.19. The molecule has 0 saturated carbocycles. The van der Waals surface area contributed by atoms with Crippen LogP contribution in [0, 0.1) is 6.92 Å². The third-order valence-corrected chi connectivity index (χ3v) is 1.66. The van der Waals surface area contributed by atoms with Crippen molar-refractivity contribution in [3.8, 4) is 0 Å². The zero-order valence-corrected chi connectivity index (χ0v) is 7.68. The number of nitrogens with zero attached hydrogens (tertiary/aromatic N) is 1. The van der Waals surface area contributed by atoms with E-state index in [1.54, 1.807) is 0 Å². The molecule has 1 aromatic heterocycles. The Morgan fingerprint density at radius 1 is 1.18 bits per heavy atom. The molecule has 60 valence electrons. The zero-order chi connectivity index (χ0) is 8.48. The summed E-state index contributed by atoms with van der Waals surface area (Å²) in [5.74, 6) is 0. The highest BCUT2D eigenvalue weighted by Gasteiger charge is 2.14. The first-order valence-corrected chi connectivity index (χ1v) is 3.94. The van der Waals surface area contributed by atoms with Gasteiger partial charge >= 0.3 is 0 Å². The summed E-state index contributed by atoms with van der Waals surface area (Å²) >= 11 is 0. The molecule has 0 bridgehead atoms. The van der Waals surface area contributed by atoms with Crippen LogP contribution in [0.2, 0.25) is 0 Å². The first kappa shape index (κ1) is 8.25. The minimum absolute atomic E-state index is 0.173. The van der Waals surface area contributed by atoms with E-state index in [1.807, 2.05) is 13.0 Å². The van der Waals surface area contributed by atoms with Crippen molar-refractivity contribution < 1.29 is 0 Å². The number of rotatable bonds is 0. The maximum Gasteiger partial charge on any atom is 0.0460 e. The molecule has 1 heteroatoms. The van der Waals surface area contributed by atoms with Gasteiger partial charge in [-0.15, -0.1) is 0 Å². The fourth-order valence-electron chi connectivity index (χ4n) is 0.961. The van der Waals surface area contributed by atoms with Crippen LogP contribution in [-0.2, 0) is 5.41 Å². The molecule has 0 atom stereocenters. The Bertz CT molecular complexity index is 245. The van der Waals surface area contributed by atoms with Crippen molar-refractivity contribution in [2.24, 2.45) is 0 Å². The molecule has 0 spiro atoms. The summed E-state index contributed by atoms with van der Waals surface area (Å²) in [7, 11) is 0. The molecular weight excluding hydrogens is 134 g/mol. The lowest BCUT2D eigenvalue weighted by Crippen LogP contribution is -2.13. The molecule has 0 saturated heterocycles. The van der Waals surface area contributed by atoms with Crippen LogP contribution in [0.15, 0.2) is 18.2 Å². The lowest BCUT2D eigenvalue weighted by atomic mass is 9.91. The fraction of sp³-hybridized carbons (Fsp3) is 0.500. The third-order valence-electron chi connectivity index (χ3n) is 1.66. The van der Waals surface area contributed by atoms with E-state index in [-0.39, 0.29) is 5.41 Å². The predicted molar refractivity (Wildman–Crippen MR) is 47.7 cm³/mol. The molecule has 1 nitrogen and oxygen atoms in total. The van der Waals surface area contributed by atoms with Crippen molar-refractivity contribution in [2.45, 2.75) is 33.1 Å². The van der Waals surface area contributed by atoms with Gasteiger partial charge in [0.2, 0.25) is 0 Å². The predicted octanol–water partition coefficient (Wildman–Crippen LogP) is 2.69. The second kappa shape index (κ2) is 2.65. The van der Waals surface area contributed by atoms with Gasteiger partial charge in [0.25, 0.3) is 0 Å². The van der Waals surface area contributed by atoms with Crippen LogP contribution in [-0.4, -0.2) is 4.98 Å². The number of aromatic nitrogens is 1. The highest BCUT2D eigenvalue weighted by molar-refractivity contribution is 5.16. The third kappa shape index (κ3) is 2.04. The van der Waals surface area contributed by atoms with Gasteiger partial charge in [-0.05, 0) is 19.1 Å². The number of hydrogen-bond acceptors (Lipinski definition) is 1. The van der Waals surface area contributed by atoms with E-state index in [4.69, 9.17) is 0 Å². The SMILES string of the molecule is Cc1cccc(C(C)(C)C)n1. The maximum absolute atomic E-state index is 4.44. The Morgan fingerprint density at radius 3 is 2.18 bits per heavy atom. The summed E-state index contributed by atoms with van der Waals surface area (Å²) in [4.78, 5) is 4.44. The van der Waals surface area contributed by atoms with Crippen molar-refractivity contribution >= 4 is 0 Å². The number of hydrogen-bond donors (Lipinski definition) is 0. The molecule has 0 aliphatic rings. The number of aryl methyl sites for hydroxylation is 1. The quantitative estimate of drug-likeness (QED) is 0.552. The molecular formula is C10H15N. The van der Waals surface area contributed by atoms with E-state index in [2.05, 4.69) is 37.9 Å². The largest absolute Gasteiger partial charge is 0.258 e. The van der Waals surface area contributed by atoms with Crippen LogP contribution in [0.25, 0.3) is 0 Å². The summed E-state index contributed by atoms with van der Waals surface area (Å²) in [6.07, 6.45) is 0. The van der Waals surface area contributed by atoms with Gasteiger partial charge in [0.1, 0.15) is 0 Å². The monoisotopic (exact) mass is 149 g/mol. The maximum atomic E-state index is 4.44. The molecule has 1 rings (SSSR count). The molecule has 1 aromatic rings. The van der Waals surface area contributed by atoms with Crippen LogP contribution in [0.5, 0.6) is 0 Å². The van der Waals surface area contributed by atoms with Gasteiger partial charge in [0, 0.05) is 16.8 Å². The van der Waals surface area contributed by atoms with Crippen molar-refractivity contribution in [2.75, 3.05) is 0 Å². The molecule has 0 fully saturated rings. The van der Waals surface area contributed by atoms with E-state index >= 15 is 0 Å². The minimum atomic E-state index is 0.173. The van der Waals surface area contributed by atoms with Gasteiger partial charge in [-0.2, -0.15) is 0 Å². The minimum Gasteiger partial charge on any atom is -0.258 e. The smallest absolute Gasteiger partial charge is 0.0460 e. The van der Waals surface area contributed by atoms with Gasteiger partial charge in [0.05, 0.1) is 0 Å². The zero-order valence-electron chi connectivity index (χ0n) is 7.68. The Morgan fingerprint density at radius 2 is 1.82 bits per heavy atom. The van der Waals surface area contributed by atoms with Gasteiger partial charge < -0.3 is 0 Å². The van der Waals surface area contributed by atoms with Crippen molar-refractivity contribution in [3.63, 3.8) is 0 Å². The summed E-state index contributed by atoms with van der Waals surface area (Å²) in [5.41, 5.74) is 2.43. The molecule has 0 unspecified atom stereocenters. The van der Waals surface area contributed by atoms with E-state index < -0.39 is 0 Å². The van der Waals surface area contributed by atoms with Crippen LogP contribution in [0.3, 0.4) is 0 Å². The van der Waals surface area contributed by atoms with E-state index in [9.17, 15) is 0 Å². The molecule has 0 amide bonds. The molecule has 0 aromatic carbocycles. The first-order chi connectivity index (χ1) is 5.00. The van der Waals surface area contributed by atoms with E-state index in [1.165, 1.54) is 0 Å². The molecule has 1 heterocycles. The summed E-state index contributed by atoms with van der Waals surface area (Å²) < 4.78 is 0. The Kier molecular flexibility index (Phi) is 1.99. The summed E-state index contributed by atoms with van der Waals surface area (Å²) in [5, 5.41) is 0. The van der Waals surface area contributed by atoms with Gasteiger partial charge in [-0.1, -0.05) is 26.8 Å². The van der Waals surface area contributed by atoms with E-state index in [0.29, 0.717) is 0 Å². The van der Waals surface area contributed by atoms with Gasteiger partial charge in [0.15, 0.2) is 0 Å². The number of pyridine rings is 1. The van der Waals surface area contributed by atoms with Crippen LogP contribution in [0.4, 0.5) is 0 Å². The standard InChI is InChI=1S/C10H15N/c1-8-6-5-7-9(11-8)10(2,3)4/h5-7H,1-4H3. The average Bonchev–Trinajstić information content (AvgIpc) is 1.86. The molecule has 0 radical (unpaired) electrons. The Balaban J connectivity index is 3.06. The highest BCUT2D eigenvalue weighted by atomic mass is 14.7. The summed E-state index contributed by atoms with van der Waals surface area (Å²) in [6.45, 7) is 8.55.